The first-order valence-corrected chi connectivity index (χ1v) is 12.3. The number of unbranched alkanes of at least 4 members (excludes halogenated alkanes) is 3. The lowest BCUT2D eigenvalue weighted by atomic mass is 9.55. The van der Waals surface area contributed by atoms with Gasteiger partial charge >= 0.3 is 0 Å². The molecule has 176 valence electrons. The van der Waals surface area contributed by atoms with E-state index in [4.69, 9.17) is 14.7 Å². The van der Waals surface area contributed by atoms with Crippen molar-refractivity contribution in [1.82, 2.24) is 0 Å². The molecular formula is C25H52O4. The maximum atomic E-state index is 10.4. The van der Waals surface area contributed by atoms with Crippen molar-refractivity contribution in [2.24, 2.45) is 5.41 Å². The Kier molecular flexibility index (Phi) is 13.2. The van der Waals surface area contributed by atoms with Crippen LogP contribution in [0.4, 0.5) is 0 Å². The lowest BCUT2D eigenvalue weighted by Gasteiger charge is -2.58. The molecule has 0 heterocycles. The summed E-state index contributed by atoms with van der Waals surface area (Å²) in [6.07, 6.45) is 11.9. The Bertz CT molecular complexity index is 404. The van der Waals surface area contributed by atoms with Gasteiger partial charge in [-0.15, -0.1) is 0 Å². The molecule has 0 fully saturated rings. The summed E-state index contributed by atoms with van der Waals surface area (Å²) in [5.74, 6) is 0. The number of rotatable bonds is 17. The highest BCUT2D eigenvalue weighted by Gasteiger charge is 2.63. The SMILES string of the molecule is CCCCC(CC)(CCCC)C(CC)(OOC(C)(C)C)C(CC)(CCCC)OO. The van der Waals surface area contributed by atoms with Gasteiger partial charge in [-0.3, -0.25) is 5.26 Å². The van der Waals surface area contributed by atoms with Gasteiger partial charge in [0.25, 0.3) is 0 Å². The van der Waals surface area contributed by atoms with Crippen molar-refractivity contribution >= 4 is 0 Å². The summed E-state index contributed by atoms with van der Waals surface area (Å²) in [6, 6.07) is 0. The Morgan fingerprint density at radius 1 is 0.621 bits per heavy atom. The van der Waals surface area contributed by atoms with E-state index in [9.17, 15) is 5.26 Å². The fourth-order valence-corrected chi connectivity index (χ4v) is 5.11. The summed E-state index contributed by atoms with van der Waals surface area (Å²) in [5, 5.41) is 10.4. The van der Waals surface area contributed by atoms with Crippen molar-refractivity contribution < 1.29 is 19.9 Å². The maximum Gasteiger partial charge on any atom is 0.141 e. The van der Waals surface area contributed by atoms with Gasteiger partial charge in [0.1, 0.15) is 11.2 Å². The quantitative estimate of drug-likeness (QED) is 0.191. The zero-order valence-electron chi connectivity index (χ0n) is 21.2. The molecule has 1 N–H and O–H groups in total. The molecule has 0 aliphatic heterocycles. The Labute approximate surface area is 181 Å². The van der Waals surface area contributed by atoms with Crippen LogP contribution in [0, 0.1) is 5.41 Å². The van der Waals surface area contributed by atoms with Gasteiger partial charge in [-0.1, -0.05) is 80.1 Å². The topological polar surface area (TPSA) is 47.9 Å². The number of hydrogen-bond donors (Lipinski definition) is 1. The molecular weight excluding hydrogens is 364 g/mol. The summed E-state index contributed by atoms with van der Waals surface area (Å²) in [5.41, 5.74) is -2.06. The highest BCUT2D eigenvalue weighted by Crippen LogP contribution is 2.57. The van der Waals surface area contributed by atoms with E-state index in [0.29, 0.717) is 6.42 Å². The third-order valence-corrected chi connectivity index (χ3v) is 6.90. The normalized spacial score (nSPS) is 17.2. The van der Waals surface area contributed by atoms with E-state index in [2.05, 4.69) is 41.5 Å². The van der Waals surface area contributed by atoms with Gasteiger partial charge in [-0.2, -0.15) is 0 Å². The van der Waals surface area contributed by atoms with Crippen LogP contribution < -0.4 is 0 Å². The molecule has 0 rings (SSSR count). The molecule has 0 aromatic heterocycles. The van der Waals surface area contributed by atoms with Crippen LogP contribution in [0.1, 0.15) is 139 Å². The van der Waals surface area contributed by atoms with E-state index in [0.717, 1.165) is 70.6 Å². The van der Waals surface area contributed by atoms with Crippen LogP contribution in [0.5, 0.6) is 0 Å². The standard InChI is InChI=1S/C25H52O4/c1-10-16-19-23(13-4,20-17-11-2)25(15-6,29-28-22(7,8)9)24(14-5,27-26)21-18-12-3/h26H,10-21H2,1-9H3. The summed E-state index contributed by atoms with van der Waals surface area (Å²) in [6.45, 7) is 19.3. The van der Waals surface area contributed by atoms with Gasteiger partial charge in [0, 0.05) is 5.41 Å². The van der Waals surface area contributed by atoms with Crippen molar-refractivity contribution in [3.8, 4) is 0 Å². The Balaban J connectivity index is 6.69. The zero-order chi connectivity index (χ0) is 22.6. The van der Waals surface area contributed by atoms with Crippen LogP contribution in [0.15, 0.2) is 0 Å². The van der Waals surface area contributed by atoms with E-state index < -0.39 is 16.8 Å². The summed E-state index contributed by atoms with van der Waals surface area (Å²) in [4.78, 5) is 18.1. The first kappa shape index (κ1) is 28.8. The molecule has 2 unspecified atom stereocenters. The predicted octanol–water partition coefficient (Wildman–Crippen LogP) is 8.49. The van der Waals surface area contributed by atoms with E-state index in [-0.39, 0.29) is 5.41 Å². The van der Waals surface area contributed by atoms with Crippen LogP contribution >= 0.6 is 0 Å². The molecule has 4 nitrogen and oxygen atoms in total. The monoisotopic (exact) mass is 416 g/mol. The van der Waals surface area contributed by atoms with Gasteiger partial charge in [-0.05, 0) is 59.3 Å². The molecule has 0 aromatic rings. The molecule has 29 heavy (non-hydrogen) atoms. The second-order valence-electron chi connectivity index (χ2n) is 9.84. The molecule has 0 saturated heterocycles. The minimum atomic E-state index is -0.791. The van der Waals surface area contributed by atoms with Crippen molar-refractivity contribution in [2.75, 3.05) is 0 Å². The zero-order valence-corrected chi connectivity index (χ0v) is 21.2. The third kappa shape index (κ3) is 6.92. The number of hydrogen-bond acceptors (Lipinski definition) is 4. The predicted molar refractivity (Wildman–Crippen MR) is 123 cm³/mol. The Morgan fingerprint density at radius 3 is 1.41 bits per heavy atom. The second-order valence-corrected chi connectivity index (χ2v) is 9.84. The molecule has 4 heteroatoms. The first-order chi connectivity index (χ1) is 13.6. The fourth-order valence-electron chi connectivity index (χ4n) is 5.11. The molecule has 0 saturated carbocycles. The summed E-state index contributed by atoms with van der Waals surface area (Å²) >= 11 is 0. The summed E-state index contributed by atoms with van der Waals surface area (Å²) in [7, 11) is 0. The average molecular weight is 417 g/mol. The average Bonchev–Trinajstić information content (AvgIpc) is 2.71. The van der Waals surface area contributed by atoms with E-state index >= 15 is 0 Å². The largest absolute Gasteiger partial charge is 0.251 e. The molecule has 0 aliphatic carbocycles. The van der Waals surface area contributed by atoms with Crippen molar-refractivity contribution in [3.05, 3.63) is 0 Å². The third-order valence-electron chi connectivity index (χ3n) is 6.90. The molecule has 0 aliphatic rings. The fraction of sp³-hybridized carbons (Fsp3) is 1.00. The van der Waals surface area contributed by atoms with Crippen LogP contribution in [0.25, 0.3) is 0 Å². The maximum absolute atomic E-state index is 10.4. The van der Waals surface area contributed by atoms with E-state index in [1.807, 2.05) is 20.8 Å². The van der Waals surface area contributed by atoms with Crippen LogP contribution in [0.3, 0.4) is 0 Å². The molecule has 2 atom stereocenters. The van der Waals surface area contributed by atoms with Gasteiger partial charge in [0.2, 0.25) is 0 Å². The highest BCUT2D eigenvalue weighted by atomic mass is 17.2. The van der Waals surface area contributed by atoms with Crippen LogP contribution in [0.2, 0.25) is 0 Å². The smallest absolute Gasteiger partial charge is 0.141 e. The van der Waals surface area contributed by atoms with E-state index in [1.165, 1.54) is 0 Å². The van der Waals surface area contributed by atoms with Gasteiger partial charge in [0.05, 0.1) is 5.60 Å². The van der Waals surface area contributed by atoms with Crippen molar-refractivity contribution in [1.29, 1.82) is 0 Å². The van der Waals surface area contributed by atoms with Crippen molar-refractivity contribution in [2.45, 2.75) is 156 Å². The second kappa shape index (κ2) is 13.3. The molecule has 0 spiro atoms. The van der Waals surface area contributed by atoms with Gasteiger partial charge < -0.3 is 0 Å². The highest BCUT2D eigenvalue weighted by molar-refractivity contribution is 5.11. The molecule has 0 amide bonds. The Morgan fingerprint density at radius 2 is 1.10 bits per heavy atom. The molecule has 0 bridgehead atoms. The lowest BCUT2D eigenvalue weighted by molar-refractivity contribution is -0.487. The molecule has 0 aromatic carbocycles. The summed E-state index contributed by atoms with van der Waals surface area (Å²) < 4.78 is 0. The minimum absolute atomic E-state index is 0.120. The van der Waals surface area contributed by atoms with E-state index in [1.54, 1.807) is 0 Å². The van der Waals surface area contributed by atoms with Crippen LogP contribution in [-0.4, -0.2) is 22.1 Å². The van der Waals surface area contributed by atoms with Gasteiger partial charge in [0.15, 0.2) is 0 Å². The molecule has 0 radical (unpaired) electrons. The van der Waals surface area contributed by atoms with Crippen molar-refractivity contribution in [3.63, 3.8) is 0 Å². The Hall–Kier alpha value is -0.160. The van der Waals surface area contributed by atoms with Crippen LogP contribution in [-0.2, 0) is 14.7 Å². The van der Waals surface area contributed by atoms with Gasteiger partial charge in [-0.25, -0.2) is 14.7 Å². The first-order valence-electron chi connectivity index (χ1n) is 12.3. The lowest BCUT2D eigenvalue weighted by Crippen LogP contribution is -2.66. The minimum Gasteiger partial charge on any atom is -0.251 e.